The Morgan fingerprint density at radius 1 is 1.27 bits per heavy atom. The Labute approximate surface area is 86.5 Å². The van der Waals surface area contributed by atoms with Gasteiger partial charge in [-0.05, 0) is 24.3 Å². The molecule has 0 saturated heterocycles. The van der Waals surface area contributed by atoms with E-state index in [0.717, 1.165) is 19.1 Å². The van der Waals surface area contributed by atoms with Gasteiger partial charge in [0.25, 0.3) is 0 Å². The summed E-state index contributed by atoms with van der Waals surface area (Å²) < 4.78 is 38.6. The lowest BCUT2D eigenvalue weighted by Gasteiger charge is -2.07. The van der Waals surface area contributed by atoms with Gasteiger partial charge in [-0.25, -0.2) is 9.11 Å². The average Bonchev–Trinajstić information content (AvgIpc) is 2.06. The monoisotopic (exact) mass is 232 g/mol. The Hall–Kier alpha value is -1.63. The molecule has 0 aliphatic rings. The largest absolute Gasteiger partial charge is 0.323 e. The van der Waals surface area contributed by atoms with Crippen LogP contribution in [-0.4, -0.2) is 14.3 Å². The third-order valence-electron chi connectivity index (χ3n) is 1.37. The maximum atomic E-state index is 12.5. The van der Waals surface area contributed by atoms with Gasteiger partial charge in [0, 0.05) is 6.92 Å². The highest BCUT2D eigenvalue weighted by molar-refractivity contribution is 7.91. The van der Waals surface area contributed by atoms with Gasteiger partial charge in [0.15, 0.2) is 0 Å². The number of halogens is 1. The van der Waals surface area contributed by atoms with E-state index in [-0.39, 0.29) is 5.69 Å². The molecule has 5 nitrogen and oxygen atoms in total. The van der Waals surface area contributed by atoms with E-state index in [1.165, 1.54) is 12.1 Å². The van der Waals surface area contributed by atoms with Crippen molar-refractivity contribution in [2.45, 2.75) is 6.92 Å². The van der Waals surface area contributed by atoms with Crippen molar-refractivity contribution < 1.29 is 17.6 Å². The predicted octanol–water partition coefficient (Wildman–Crippen LogP) is 0.618. The van der Waals surface area contributed by atoms with E-state index >= 15 is 0 Å². The van der Waals surface area contributed by atoms with Gasteiger partial charge in [-0.2, -0.15) is 8.42 Å². The number of nitrogens with one attached hydrogen (secondary N) is 2. The molecule has 1 amide bonds. The second kappa shape index (κ2) is 4.26. The molecule has 2 N–H and O–H groups in total. The lowest BCUT2D eigenvalue weighted by atomic mass is 10.3. The SMILES string of the molecule is CC(=O)NS(=O)(=O)Nc1ccc(F)cc1. The number of anilines is 1. The smallest absolute Gasteiger partial charge is 0.274 e. The Bertz CT molecular complexity index is 455. The van der Waals surface area contributed by atoms with Crippen molar-refractivity contribution in [3.63, 3.8) is 0 Å². The second-order valence-corrected chi connectivity index (χ2v) is 4.19. The number of hydrogen-bond acceptors (Lipinski definition) is 3. The first kappa shape index (κ1) is 11.4. The molecule has 1 rings (SSSR count). The molecule has 7 heteroatoms. The Kier molecular flexibility index (Phi) is 3.25. The van der Waals surface area contributed by atoms with Crippen LogP contribution < -0.4 is 9.44 Å². The molecule has 0 bridgehead atoms. The number of amides is 1. The van der Waals surface area contributed by atoms with Crippen LogP contribution in [-0.2, 0) is 15.0 Å². The van der Waals surface area contributed by atoms with Gasteiger partial charge < -0.3 is 0 Å². The molecule has 82 valence electrons. The molecule has 1 aromatic carbocycles. The highest BCUT2D eigenvalue weighted by atomic mass is 32.2. The number of benzene rings is 1. The van der Waals surface area contributed by atoms with Crippen LogP contribution in [0, 0.1) is 5.82 Å². The molecule has 15 heavy (non-hydrogen) atoms. The van der Waals surface area contributed by atoms with Crippen LogP contribution in [0.1, 0.15) is 6.92 Å². The molecule has 0 heterocycles. The summed E-state index contributed by atoms with van der Waals surface area (Å²) >= 11 is 0. The zero-order chi connectivity index (χ0) is 11.5. The molecule has 0 spiro atoms. The maximum absolute atomic E-state index is 12.5. The van der Waals surface area contributed by atoms with Crippen molar-refractivity contribution in [2.75, 3.05) is 4.72 Å². The van der Waals surface area contributed by atoms with Crippen molar-refractivity contribution in [1.82, 2.24) is 4.72 Å². The van der Waals surface area contributed by atoms with Gasteiger partial charge in [0.05, 0.1) is 5.69 Å². The van der Waals surface area contributed by atoms with Crippen LogP contribution in [0.15, 0.2) is 24.3 Å². The normalized spacial score (nSPS) is 10.8. The van der Waals surface area contributed by atoms with Gasteiger partial charge in [0.2, 0.25) is 5.91 Å². The Balaban J connectivity index is 2.78. The summed E-state index contributed by atoms with van der Waals surface area (Å²) in [5.41, 5.74) is 0.171. The number of carbonyl (C=O) groups is 1. The standard InChI is InChI=1S/C8H9FN2O3S/c1-6(12)10-15(13,14)11-8-4-2-7(9)3-5-8/h2-5,11H,1H3,(H,10,12). The minimum atomic E-state index is -3.92. The third-order valence-corrected chi connectivity index (χ3v) is 2.44. The minimum Gasteiger partial charge on any atom is -0.274 e. The van der Waals surface area contributed by atoms with Crippen molar-refractivity contribution in [2.24, 2.45) is 0 Å². The van der Waals surface area contributed by atoms with E-state index in [4.69, 9.17) is 0 Å². The van der Waals surface area contributed by atoms with E-state index in [1.807, 2.05) is 0 Å². The van der Waals surface area contributed by atoms with Crippen LogP contribution in [0.2, 0.25) is 0 Å². The summed E-state index contributed by atoms with van der Waals surface area (Å²) in [5.74, 6) is -1.18. The van der Waals surface area contributed by atoms with Crippen molar-refractivity contribution in [3.8, 4) is 0 Å². The summed E-state index contributed by atoms with van der Waals surface area (Å²) in [4.78, 5) is 10.5. The fourth-order valence-corrected chi connectivity index (χ4v) is 1.76. The van der Waals surface area contributed by atoms with Crippen LogP contribution >= 0.6 is 0 Å². The summed E-state index contributed by atoms with van der Waals surface area (Å²) in [6, 6.07) is 4.70. The lowest BCUT2D eigenvalue weighted by molar-refractivity contribution is -0.117. The summed E-state index contributed by atoms with van der Waals surface area (Å²) in [6.07, 6.45) is 0. The highest BCUT2D eigenvalue weighted by Gasteiger charge is 2.10. The topological polar surface area (TPSA) is 75.3 Å². The maximum Gasteiger partial charge on any atom is 0.323 e. The number of hydrogen-bond donors (Lipinski definition) is 2. The van der Waals surface area contributed by atoms with Gasteiger partial charge in [-0.15, -0.1) is 0 Å². The predicted molar refractivity (Wildman–Crippen MR) is 52.8 cm³/mol. The van der Waals surface area contributed by atoms with Gasteiger partial charge in [0.1, 0.15) is 5.82 Å². The van der Waals surface area contributed by atoms with Crippen LogP contribution in [0.4, 0.5) is 10.1 Å². The summed E-state index contributed by atoms with van der Waals surface area (Å²) in [6.45, 7) is 1.07. The molecule has 0 aliphatic carbocycles. The molecule has 1 aromatic rings. The molecule has 0 fully saturated rings. The van der Waals surface area contributed by atoms with E-state index < -0.39 is 21.9 Å². The molecular formula is C8H9FN2O3S. The first-order chi connectivity index (χ1) is 6.89. The first-order valence-electron chi connectivity index (χ1n) is 3.96. The molecule has 0 aromatic heterocycles. The van der Waals surface area contributed by atoms with Crippen LogP contribution in [0.5, 0.6) is 0 Å². The molecule has 0 unspecified atom stereocenters. The third kappa shape index (κ3) is 3.94. The molecule has 0 radical (unpaired) electrons. The van der Waals surface area contributed by atoms with E-state index in [1.54, 1.807) is 4.72 Å². The average molecular weight is 232 g/mol. The number of rotatable bonds is 3. The van der Waals surface area contributed by atoms with Gasteiger partial charge >= 0.3 is 10.2 Å². The van der Waals surface area contributed by atoms with E-state index in [9.17, 15) is 17.6 Å². The first-order valence-corrected chi connectivity index (χ1v) is 5.44. The van der Waals surface area contributed by atoms with Crippen molar-refractivity contribution >= 4 is 21.8 Å². The Morgan fingerprint density at radius 3 is 2.27 bits per heavy atom. The Morgan fingerprint density at radius 2 is 1.80 bits per heavy atom. The van der Waals surface area contributed by atoms with Gasteiger partial charge in [-0.3, -0.25) is 9.52 Å². The van der Waals surface area contributed by atoms with Gasteiger partial charge in [-0.1, -0.05) is 0 Å². The molecule has 0 saturated carbocycles. The quantitative estimate of drug-likeness (QED) is 0.802. The van der Waals surface area contributed by atoms with E-state index in [2.05, 4.69) is 4.72 Å². The molecular weight excluding hydrogens is 223 g/mol. The number of carbonyl (C=O) groups excluding carboxylic acids is 1. The van der Waals surface area contributed by atoms with Crippen LogP contribution in [0.3, 0.4) is 0 Å². The van der Waals surface area contributed by atoms with Crippen molar-refractivity contribution in [1.29, 1.82) is 0 Å². The zero-order valence-electron chi connectivity index (χ0n) is 7.82. The fourth-order valence-electron chi connectivity index (χ4n) is 0.888. The van der Waals surface area contributed by atoms with Crippen molar-refractivity contribution in [3.05, 3.63) is 30.1 Å². The summed E-state index contributed by atoms with van der Waals surface area (Å²) in [5, 5.41) is 0. The van der Waals surface area contributed by atoms with E-state index in [0.29, 0.717) is 0 Å². The fraction of sp³-hybridized carbons (Fsp3) is 0.125. The molecule has 0 atom stereocenters. The second-order valence-electron chi connectivity index (χ2n) is 2.77. The highest BCUT2D eigenvalue weighted by Crippen LogP contribution is 2.09. The molecule has 0 aliphatic heterocycles. The zero-order valence-corrected chi connectivity index (χ0v) is 8.64. The van der Waals surface area contributed by atoms with Crippen LogP contribution in [0.25, 0.3) is 0 Å². The minimum absolute atomic E-state index is 0.171. The summed E-state index contributed by atoms with van der Waals surface area (Å²) in [7, 11) is -3.92. The lowest BCUT2D eigenvalue weighted by Crippen LogP contribution is -2.33.